The van der Waals surface area contributed by atoms with Gasteiger partial charge in [-0.05, 0) is 47.9 Å². The zero-order valence-electron chi connectivity index (χ0n) is 14.1. The average Bonchev–Trinajstić information content (AvgIpc) is 3.12. The Labute approximate surface area is 153 Å². The number of aliphatic imine (C=N–C) groups is 1. The third kappa shape index (κ3) is 4.07. The van der Waals surface area contributed by atoms with E-state index in [2.05, 4.69) is 64.9 Å². The fourth-order valence-electron chi connectivity index (χ4n) is 3.37. The van der Waals surface area contributed by atoms with Crippen LogP contribution in [-0.2, 0) is 12.8 Å². The molecule has 0 aliphatic carbocycles. The minimum absolute atomic E-state index is 0.0222. The van der Waals surface area contributed by atoms with Crippen LogP contribution >= 0.6 is 11.8 Å². The van der Waals surface area contributed by atoms with Crippen molar-refractivity contribution < 1.29 is 0 Å². The number of nitrogens with zero attached hydrogens (tertiary/aromatic N) is 3. The molecule has 2 aliphatic heterocycles. The van der Waals surface area contributed by atoms with E-state index in [9.17, 15) is 0 Å². The average molecular weight is 347 g/mol. The molecule has 0 amide bonds. The summed E-state index contributed by atoms with van der Waals surface area (Å²) in [5.74, 6) is 1.03. The van der Waals surface area contributed by atoms with Crippen molar-refractivity contribution in [3.8, 4) is 0 Å². The number of thioether (sulfide) groups is 1. The van der Waals surface area contributed by atoms with Crippen molar-refractivity contribution in [1.82, 2.24) is 0 Å². The molecule has 0 saturated heterocycles. The number of benzene rings is 2. The van der Waals surface area contributed by atoms with Gasteiger partial charge in [0.25, 0.3) is 0 Å². The summed E-state index contributed by atoms with van der Waals surface area (Å²) < 4.78 is 0. The SMILES string of the molecule is C1=NC2(CCc3cccc(c3)/C=N\N=C\c3cccc(c3)CC2)SC1. The fraction of sp³-hybridized carbons (Fsp3) is 0.286. The first-order chi connectivity index (χ1) is 12.3. The molecule has 25 heavy (non-hydrogen) atoms. The lowest BCUT2D eigenvalue weighted by Crippen LogP contribution is -2.21. The van der Waals surface area contributed by atoms with Gasteiger partial charge in [0.15, 0.2) is 0 Å². The van der Waals surface area contributed by atoms with Crippen LogP contribution < -0.4 is 0 Å². The first-order valence-electron chi connectivity index (χ1n) is 8.73. The van der Waals surface area contributed by atoms with Gasteiger partial charge in [0.2, 0.25) is 0 Å². The number of rotatable bonds is 0. The first-order valence-corrected chi connectivity index (χ1v) is 9.72. The van der Waals surface area contributed by atoms with Crippen LogP contribution in [-0.4, -0.2) is 29.3 Å². The van der Waals surface area contributed by atoms with Gasteiger partial charge in [0.1, 0.15) is 4.87 Å². The van der Waals surface area contributed by atoms with Crippen LogP contribution in [0.3, 0.4) is 0 Å². The number of aryl methyl sites for hydroxylation is 2. The van der Waals surface area contributed by atoms with Gasteiger partial charge in [-0.15, -0.1) is 11.8 Å². The summed E-state index contributed by atoms with van der Waals surface area (Å²) in [6, 6.07) is 17.1. The molecule has 2 aliphatic rings. The lowest BCUT2D eigenvalue weighted by atomic mass is 9.97. The summed E-state index contributed by atoms with van der Waals surface area (Å²) >= 11 is 1.99. The van der Waals surface area contributed by atoms with Crippen LogP contribution in [0.15, 0.2) is 63.7 Å². The second-order valence-electron chi connectivity index (χ2n) is 6.55. The number of hydrogen-bond donors (Lipinski definition) is 0. The molecule has 2 heterocycles. The van der Waals surface area contributed by atoms with Gasteiger partial charge < -0.3 is 0 Å². The molecule has 2 aromatic rings. The molecular weight excluding hydrogens is 326 g/mol. The number of hydrogen-bond acceptors (Lipinski definition) is 4. The molecule has 2 aromatic carbocycles. The number of fused-ring (bicyclic) bond motifs is 4. The summed E-state index contributed by atoms with van der Waals surface area (Å²) in [5.41, 5.74) is 4.86. The maximum Gasteiger partial charge on any atom is 0.106 e. The lowest BCUT2D eigenvalue weighted by molar-refractivity contribution is 0.529. The molecule has 3 nitrogen and oxygen atoms in total. The lowest BCUT2D eigenvalue weighted by Gasteiger charge is -2.25. The van der Waals surface area contributed by atoms with Crippen LogP contribution in [0.4, 0.5) is 0 Å². The highest BCUT2D eigenvalue weighted by atomic mass is 32.2. The van der Waals surface area contributed by atoms with E-state index in [-0.39, 0.29) is 4.87 Å². The summed E-state index contributed by atoms with van der Waals surface area (Å²) in [6.07, 6.45) is 9.95. The van der Waals surface area contributed by atoms with Crippen LogP contribution in [0.25, 0.3) is 0 Å². The molecule has 0 radical (unpaired) electrons. The molecule has 1 unspecified atom stereocenters. The van der Waals surface area contributed by atoms with Gasteiger partial charge in [-0.1, -0.05) is 48.5 Å². The largest absolute Gasteiger partial charge is 0.279 e. The molecule has 4 bridgehead atoms. The van der Waals surface area contributed by atoms with Gasteiger partial charge in [-0.2, -0.15) is 10.2 Å². The van der Waals surface area contributed by atoms with Crippen molar-refractivity contribution in [1.29, 1.82) is 0 Å². The predicted molar refractivity (Wildman–Crippen MR) is 108 cm³/mol. The Morgan fingerprint density at radius 3 is 1.92 bits per heavy atom. The van der Waals surface area contributed by atoms with E-state index in [1.165, 1.54) is 11.1 Å². The van der Waals surface area contributed by atoms with E-state index in [0.29, 0.717) is 0 Å². The van der Waals surface area contributed by atoms with Crippen molar-refractivity contribution in [2.75, 3.05) is 5.75 Å². The Kier molecular flexibility index (Phi) is 4.79. The van der Waals surface area contributed by atoms with E-state index in [1.54, 1.807) is 0 Å². The zero-order valence-corrected chi connectivity index (χ0v) is 15.0. The van der Waals surface area contributed by atoms with E-state index < -0.39 is 0 Å². The predicted octanol–water partition coefficient (Wildman–Crippen LogP) is 4.53. The van der Waals surface area contributed by atoms with E-state index in [1.807, 2.05) is 24.2 Å². The van der Waals surface area contributed by atoms with Crippen molar-refractivity contribution in [2.45, 2.75) is 30.6 Å². The molecule has 1 atom stereocenters. The summed E-state index contributed by atoms with van der Waals surface area (Å²) in [6.45, 7) is 0. The maximum absolute atomic E-state index is 4.88. The topological polar surface area (TPSA) is 37.1 Å². The van der Waals surface area contributed by atoms with Crippen LogP contribution in [0.2, 0.25) is 0 Å². The minimum Gasteiger partial charge on any atom is -0.279 e. The van der Waals surface area contributed by atoms with E-state index in [0.717, 1.165) is 42.6 Å². The van der Waals surface area contributed by atoms with Crippen LogP contribution in [0.5, 0.6) is 0 Å². The van der Waals surface area contributed by atoms with Gasteiger partial charge in [0.05, 0.1) is 12.4 Å². The first kappa shape index (κ1) is 16.3. The Hall–Kier alpha value is -2.20. The second-order valence-corrected chi connectivity index (χ2v) is 7.93. The maximum atomic E-state index is 4.88. The third-order valence-corrected chi connectivity index (χ3v) is 6.11. The summed E-state index contributed by atoms with van der Waals surface area (Å²) in [4.78, 5) is 4.90. The van der Waals surface area contributed by atoms with Crippen molar-refractivity contribution in [2.24, 2.45) is 15.2 Å². The molecule has 0 aromatic heterocycles. The van der Waals surface area contributed by atoms with Crippen LogP contribution in [0, 0.1) is 0 Å². The molecule has 0 N–H and O–H groups in total. The molecule has 0 saturated carbocycles. The monoisotopic (exact) mass is 347 g/mol. The standard InChI is InChI=1S/C21H21N3S/c1-3-17-7-9-21(22-11-12-25-21)10-8-18-4-2-6-20(14-18)16-24-23-15-19(5-1)13-17/h1-6,11,13-16H,7-10,12H2/b23-15-,24-16+. The molecule has 4 heteroatoms. The van der Waals surface area contributed by atoms with Crippen molar-refractivity contribution in [3.05, 3.63) is 70.8 Å². The van der Waals surface area contributed by atoms with Crippen molar-refractivity contribution >= 4 is 30.4 Å². The van der Waals surface area contributed by atoms with Gasteiger partial charge in [-0.25, -0.2) is 0 Å². The highest BCUT2D eigenvalue weighted by Gasteiger charge is 2.31. The van der Waals surface area contributed by atoms with Crippen molar-refractivity contribution in [3.63, 3.8) is 0 Å². The minimum atomic E-state index is 0.0222. The van der Waals surface area contributed by atoms with Crippen LogP contribution in [0.1, 0.15) is 35.1 Å². The Morgan fingerprint density at radius 1 is 0.800 bits per heavy atom. The zero-order chi connectivity index (χ0) is 17.0. The smallest absolute Gasteiger partial charge is 0.106 e. The highest BCUT2D eigenvalue weighted by Crippen LogP contribution is 2.39. The molecule has 126 valence electrons. The highest BCUT2D eigenvalue weighted by molar-refractivity contribution is 8.01. The van der Waals surface area contributed by atoms with E-state index in [4.69, 9.17) is 4.99 Å². The molecule has 4 rings (SSSR count). The summed E-state index contributed by atoms with van der Waals surface area (Å²) in [5, 5.41) is 8.39. The van der Waals surface area contributed by atoms with Gasteiger partial charge in [0, 0.05) is 12.0 Å². The van der Waals surface area contributed by atoms with Gasteiger partial charge >= 0.3 is 0 Å². The Balaban J connectivity index is 1.68. The van der Waals surface area contributed by atoms with Gasteiger partial charge in [-0.3, -0.25) is 4.99 Å². The third-order valence-electron chi connectivity index (χ3n) is 4.74. The summed E-state index contributed by atoms with van der Waals surface area (Å²) in [7, 11) is 0. The fourth-order valence-corrected chi connectivity index (χ4v) is 4.47. The normalized spacial score (nSPS) is 25.3. The van der Waals surface area contributed by atoms with E-state index >= 15 is 0 Å². The molecule has 1 spiro atoms. The quantitative estimate of drug-likeness (QED) is 0.690. The Bertz CT molecular complexity index is 779. The second kappa shape index (κ2) is 7.36. The Morgan fingerprint density at radius 2 is 1.40 bits per heavy atom. The molecular formula is C21H21N3S. The molecule has 0 fully saturated rings.